The lowest BCUT2D eigenvalue weighted by Crippen LogP contribution is -2.64. The van der Waals surface area contributed by atoms with Crippen LogP contribution in [0.5, 0.6) is 0 Å². The Bertz CT molecular complexity index is 1570. The van der Waals surface area contributed by atoms with Crippen LogP contribution in [0.1, 0.15) is 15.9 Å². The second-order valence-corrected chi connectivity index (χ2v) is 8.46. The summed E-state index contributed by atoms with van der Waals surface area (Å²) < 4.78 is 0. The highest BCUT2D eigenvalue weighted by molar-refractivity contribution is 6.59. The highest BCUT2D eigenvalue weighted by Crippen LogP contribution is 2.69. The zero-order chi connectivity index (χ0) is 23.5. The largest absolute Gasteiger partial charge is 0.361 e. The third kappa shape index (κ3) is 2.29. The van der Waals surface area contributed by atoms with Gasteiger partial charge in [0.25, 0.3) is 0 Å². The maximum Gasteiger partial charge on any atom is 0.203 e. The molecule has 2 aromatic carbocycles. The van der Waals surface area contributed by atoms with E-state index in [1.54, 1.807) is 48.7 Å². The summed E-state index contributed by atoms with van der Waals surface area (Å²) in [5.41, 5.74) is -3.76. The van der Waals surface area contributed by atoms with Crippen LogP contribution < -0.4 is 0 Å². The monoisotopic (exact) mass is 471 g/mol. The summed E-state index contributed by atoms with van der Waals surface area (Å²) in [6, 6.07) is 18.8. The van der Waals surface area contributed by atoms with Crippen LogP contribution in [0.2, 0.25) is 0 Å². The highest BCUT2D eigenvalue weighted by atomic mass is 35.5. The molecule has 0 radical (unpaired) electrons. The molecule has 1 N–H and O–H groups in total. The number of fused-ring (bicyclic) bond motifs is 2. The summed E-state index contributed by atoms with van der Waals surface area (Å²) in [6.07, 6.45) is 1.55. The first-order chi connectivity index (χ1) is 15.9. The van der Waals surface area contributed by atoms with Crippen molar-refractivity contribution in [3.05, 3.63) is 87.6 Å². The zero-order valence-electron chi connectivity index (χ0n) is 16.6. The van der Waals surface area contributed by atoms with E-state index >= 15 is 0 Å². The number of nitrogens with one attached hydrogen (secondary N) is 1. The maximum absolute atomic E-state index is 13.7. The van der Waals surface area contributed by atoms with E-state index in [1.807, 2.05) is 12.1 Å². The van der Waals surface area contributed by atoms with Gasteiger partial charge in [0.15, 0.2) is 16.6 Å². The lowest BCUT2D eigenvalue weighted by atomic mass is 9.41. The smallest absolute Gasteiger partial charge is 0.203 e. The van der Waals surface area contributed by atoms with Gasteiger partial charge in [-0.15, -0.1) is 0 Å². The molecule has 0 bridgehead atoms. The number of nitrogens with zero attached hydrogens (tertiary/aromatic N) is 2. The van der Waals surface area contributed by atoms with Crippen LogP contribution in [-0.4, -0.2) is 22.3 Å². The molecular weight excluding hydrogens is 461 g/mol. The van der Waals surface area contributed by atoms with Gasteiger partial charge in [-0.1, -0.05) is 71.7 Å². The molecule has 0 aliphatic heterocycles. The van der Waals surface area contributed by atoms with Gasteiger partial charge in [-0.25, -0.2) is 0 Å². The van der Waals surface area contributed by atoms with E-state index < -0.39 is 38.2 Å². The minimum absolute atomic E-state index is 0.0153. The number of hydrogen-bond acceptors (Lipinski definition) is 5. The van der Waals surface area contributed by atoms with Crippen molar-refractivity contribution >= 4 is 57.0 Å². The van der Waals surface area contributed by atoms with Gasteiger partial charge in [0.2, 0.25) is 11.6 Å². The standard InChI is InChI=1S/C25H11Cl2N3O3/c26-19-20(27)23(33)25(12-29)18(21(31)13-6-2-1-3-7-13)17(24(25,11-28)22(19)32)15-10-30-16-9-5-4-8-14(15)16/h1-10,30H. The van der Waals surface area contributed by atoms with E-state index in [1.165, 1.54) is 12.1 Å². The van der Waals surface area contributed by atoms with E-state index in [0.29, 0.717) is 16.5 Å². The predicted octanol–water partition coefficient (Wildman–Crippen LogP) is 4.68. The Hall–Kier alpha value is -3.97. The van der Waals surface area contributed by atoms with E-state index in [2.05, 4.69) is 4.98 Å². The molecule has 33 heavy (non-hydrogen) atoms. The van der Waals surface area contributed by atoms with Crippen molar-refractivity contribution in [2.24, 2.45) is 10.8 Å². The molecule has 2 aliphatic carbocycles. The molecule has 1 aromatic heterocycles. The molecule has 158 valence electrons. The van der Waals surface area contributed by atoms with Crippen LogP contribution >= 0.6 is 23.2 Å². The number of carbonyl (C=O) groups excluding carboxylic acids is 3. The summed E-state index contributed by atoms with van der Waals surface area (Å²) in [5, 5.41) is 19.9. The number of ketones is 3. The van der Waals surface area contributed by atoms with Crippen LogP contribution in [-0.2, 0) is 9.59 Å². The normalized spacial score (nSPS) is 24.2. The number of rotatable bonds is 3. The number of H-pyrrole nitrogens is 1. The molecule has 3 aromatic rings. The number of para-hydroxylation sites is 1. The highest BCUT2D eigenvalue weighted by Gasteiger charge is 2.78. The third-order valence-corrected chi connectivity index (χ3v) is 7.11. The molecule has 2 aliphatic rings. The zero-order valence-corrected chi connectivity index (χ0v) is 18.2. The van der Waals surface area contributed by atoms with Crippen molar-refractivity contribution in [3.63, 3.8) is 0 Å². The molecule has 0 saturated carbocycles. The minimum Gasteiger partial charge on any atom is -0.361 e. The fraction of sp³-hybridized carbons (Fsp3) is 0.0800. The van der Waals surface area contributed by atoms with E-state index in [0.717, 1.165) is 0 Å². The van der Waals surface area contributed by atoms with Gasteiger partial charge < -0.3 is 4.98 Å². The Labute approximate surface area is 197 Å². The fourth-order valence-corrected chi connectivity index (χ4v) is 5.25. The SMILES string of the molecule is N#CC12C(=O)C(Cl)=C(Cl)C(=O)C1(C#N)C(c1c[nH]c3ccccc13)=C2C(=O)c1ccccc1. The third-order valence-electron chi connectivity index (χ3n) is 6.29. The molecule has 5 rings (SSSR count). The van der Waals surface area contributed by atoms with Gasteiger partial charge in [-0.2, -0.15) is 10.5 Å². The van der Waals surface area contributed by atoms with Crippen LogP contribution in [0, 0.1) is 33.5 Å². The molecule has 2 unspecified atom stereocenters. The van der Waals surface area contributed by atoms with E-state index in [9.17, 15) is 24.9 Å². The van der Waals surface area contributed by atoms with E-state index in [-0.39, 0.29) is 16.7 Å². The van der Waals surface area contributed by atoms with Crippen LogP contribution in [0.4, 0.5) is 0 Å². The van der Waals surface area contributed by atoms with E-state index in [4.69, 9.17) is 23.2 Å². The topological polar surface area (TPSA) is 115 Å². The Morgan fingerprint density at radius 1 is 0.848 bits per heavy atom. The number of aromatic nitrogens is 1. The van der Waals surface area contributed by atoms with Crippen LogP contribution in [0.25, 0.3) is 16.5 Å². The number of benzene rings is 2. The molecule has 1 heterocycles. The van der Waals surface area contributed by atoms with Crippen molar-refractivity contribution in [3.8, 4) is 12.1 Å². The Kier molecular flexibility index (Phi) is 4.44. The first kappa shape index (κ1) is 20.9. The molecule has 0 amide bonds. The quantitative estimate of drug-likeness (QED) is 0.556. The number of halogens is 2. The predicted molar refractivity (Wildman–Crippen MR) is 121 cm³/mol. The second kappa shape index (κ2) is 7.02. The number of hydrogen-bond donors (Lipinski definition) is 1. The number of carbonyl (C=O) groups is 3. The molecule has 2 atom stereocenters. The molecule has 0 spiro atoms. The van der Waals surface area contributed by atoms with Crippen molar-refractivity contribution in [2.75, 3.05) is 0 Å². The van der Waals surface area contributed by atoms with Crippen LogP contribution in [0.15, 0.2) is 76.4 Å². The van der Waals surface area contributed by atoms with Gasteiger partial charge in [-0.3, -0.25) is 14.4 Å². The molecular formula is C25H11Cl2N3O3. The fourth-order valence-electron chi connectivity index (χ4n) is 4.80. The Balaban J connectivity index is 1.95. The Morgan fingerprint density at radius 3 is 2.06 bits per heavy atom. The Morgan fingerprint density at radius 2 is 1.42 bits per heavy atom. The maximum atomic E-state index is 13.7. The number of nitriles is 2. The van der Waals surface area contributed by atoms with Gasteiger partial charge in [0.1, 0.15) is 10.1 Å². The van der Waals surface area contributed by atoms with Crippen molar-refractivity contribution in [1.82, 2.24) is 4.98 Å². The molecule has 8 heteroatoms. The van der Waals surface area contributed by atoms with Gasteiger partial charge >= 0.3 is 0 Å². The van der Waals surface area contributed by atoms with Gasteiger partial charge in [0, 0.05) is 39.4 Å². The van der Waals surface area contributed by atoms with Crippen LogP contribution in [0.3, 0.4) is 0 Å². The summed E-state index contributed by atoms with van der Waals surface area (Å²) >= 11 is 12.1. The summed E-state index contributed by atoms with van der Waals surface area (Å²) in [5.74, 6) is -2.67. The number of Topliss-reactive ketones (excluding diaryl/α,β-unsaturated/α-hetero) is 3. The lowest BCUT2D eigenvalue weighted by molar-refractivity contribution is -0.134. The first-order valence-electron chi connectivity index (χ1n) is 9.75. The molecule has 0 saturated heterocycles. The van der Waals surface area contributed by atoms with Gasteiger partial charge in [0.05, 0.1) is 12.1 Å². The molecule has 6 nitrogen and oxygen atoms in total. The van der Waals surface area contributed by atoms with Crippen molar-refractivity contribution < 1.29 is 14.4 Å². The second-order valence-electron chi connectivity index (χ2n) is 7.70. The van der Waals surface area contributed by atoms with Gasteiger partial charge in [-0.05, 0) is 6.07 Å². The first-order valence-corrected chi connectivity index (χ1v) is 10.5. The summed E-state index contributed by atoms with van der Waals surface area (Å²) in [6.45, 7) is 0. The summed E-state index contributed by atoms with van der Waals surface area (Å²) in [7, 11) is 0. The average molecular weight is 472 g/mol. The average Bonchev–Trinajstić information content (AvgIpc) is 3.26. The van der Waals surface area contributed by atoms with Crippen molar-refractivity contribution in [2.45, 2.75) is 0 Å². The molecule has 0 fully saturated rings. The lowest BCUT2D eigenvalue weighted by Gasteiger charge is -2.52. The van der Waals surface area contributed by atoms with Crippen molar-refractivity contribution in [1.29, 1.82) is 10.5 Å². The minimum atomic E-state index is -2.42. The number of aromatic amines is 1. The number of allylic oxidation sites excluding steroid dienone is 4. The summed E-state index contributed by atoms with van der Waals surface area (Å²) in [4.78, 5) is 43.6.